The highest BCUT2D eigenvalue weighted by atomic mass is 16.3. The number of fused-ring (bicyclic) bond motifs is 1. The van der Waals surface area contributed by atoms with E-state index >= 15 is 0 Å². The molecule has 0 aliphatic carbocycles. The van der Waals surface area contributed by atoms with Gasteiger partial charge in [0.15, 0.2) is 0 Å². The standard InChI is InChI=1S/C14H15N3O/c1-16-8-11(7-15-16)9-17-6-5-12-3-2-4-13(10-18)14(12)17/h2-8,18H,9-10H2,1H3. The number of para-hydroxylation sites is 1. The molecule has 92 valence electrons. The van der Waals surface area contributed by atoms with E-state index in [0.717, 1.165) is 28.6 Å². The van der Waals surface area contributed by atoms with Gasteiger partial charge in [-0.25, -0.2) is 0 Å². The first kappa shape index (κ1) is 11.0. The third-order valence-electron chi connectivity index (χ3n) is 3.15. The third-order valence-corrected chi connectivity index (χ3v) is 3.15. The number of nitrogens with zero attached hydrogens (tertiary/aromatic N) is 3. The Labute approximate surface area is 105 Å². The van der Waals surface area contributed by atoms with Crippen LogP contribution in [-0.4, -0.2) is 19.5 Å². The molecule has 0 saturated heterocycles. The number of hydrogen-bond acceptors (Lipinski definition) is 2. The van der Waals surface area contributed by atoms with E-state index in [2.05, 4.69) is 28.0 Å². The Balaban J connectivity index is 2.06. The van der Waals surface area contributed by atoms with E-state index in [-0.39, 0.29) is 6.61 Å². The summed E-state index contributed by atoms with van der Waals surface area (Å²) in [6, 6.07) is 8.07. The van der Waals surface area contributed by atoms with Crippen LogP contribution in [0.15, 0.2) is 42.9 Å². The van der Waals surface area contributed by atoms with Gasteiger partial charge >= 0.3 is 0 Å². The van der Waals surface area contributed by atoms with Crippen molar-refractivity contribution in [1.82, 2.24) is 14.3 Å². The Hall–Kier alpha value is -2.07. The lowest BCUT2D eigenvalue weighted by Gasteiger charge is -2.07. The molecular formula is C14H15N3O. The van der Waals surface area contributed by atoms with E-state index in [0.29, 0.717) is 0 Å². The van der Waals surface area contributed by atoms with Crippen molar-refractivity contribution in [3.63, 3.8) is 0 Å². The van der Waals surface area contributed by atoms with Crippen LogP contribution >= 0.6 is 0 Å². The van der Waals surface area contributed by atoms with Crippen molar-refractivity contribution in [3.05, 3.63) is 54.0 Å². The van der Waals surface area contributed by atoms with Crippen molar-refractivity contribution in [2.45, 2.75) is 13.2 Å². The minimum absolute atomic E-state index is 0.0639. The smallest absolute Gasteiger partial charge is 0.0702 e. The number of aryl methyl sites for hydroxylation is 1. The molecule has 2 aromatic heterocycles. The zero-order chi connectivity index (χ0) is 12.5. The summed E-state index contributed by atoms with van der Waals surface area (Å²) in [6.45, 7) is 0.836. The molecule has 0 saturated carbocycles. The van der Waals surface area contributed by atoms with Gasteiger partial charge in [-0.3, -0.25) is 4.68 Å². The van der Waals surface area contributed by atoms with Crippen LogP contribution in [0.2, 0.25) is 0 Å². The van der Waals surface area contributed by atoms with Crippen LogP contribution in [0.25, 0.3) is 10.9 Å². The van der Waals surface area contributed by atoms with Gasteiger partial charge in [0.1, 0.15) is 0 Å². The fraction of sp³-hybridized carbons (Fsp3) is 0.214. The minimum Gasteiger partial charge on any atom is -0.392 e. The molecule has 3 aromatic rings. The molecule has 0 atom stereocenters. The highest BCUT2D eigenvalue weighted by Crippen LogP contribution is 2.21. The molecule has 0 spiro atoms. The summed E-state index contributed by atoms with van der Waals surface area (Å²) in [5, 5.41) is 14.8. The van der Waals surface area contributed by atoms with Gasteiger partial charge in [-0.1, -0.05) is 18.2 Å². The van der Waals surface area contributed by atoms with Crippen molar-refractivity contribution in [3.8, 4) is 0 Å². The number of aliphatic hydroxyl groups is 1. The quantitative estimate of drug-likeness (QED) is 0.761. The van der Waals surface area contributed by atoms with E-state index in [1.54, 1.807) is 4.68 Å². The Morgan fingerprint density at radius 3 is 2.89 bits per heavy atom. The van der Waals surface area contributed by atoms with Gasteiger partial charge in [-0.2, -0.15) is 5.10 Å². The summed E-state index contributed by atoms with van der Waals surface area (Å²) in [7, 11) is 1.91. The second kappa shape index (κ2) is 4.31. The number of benzene rings is 1. The molecule has 0 bridgehead atoms. The molecule has 1 aromatic carbocycles. The maximum absolute atomic E-state index is 9.42. The van der Waals surface area contributed by atoms with Gasteiger partial charge in [-0.15, -0.1) is 0 Å². The summed E-state index contributed by atoms with van der Waals surface area (Å²) in [5.74, 6) is 0. The zero-order valence-corrected chi connectivity index (χ0v) is 10.2. The van der Waals surface area contributed by atoms with E-state index < -0.39 is 0 Å². The van der Waals surface area contributed by atoms with Crippen molar-refractivity contribution < 1.29 is 5.11 Å². The minimum atomic E-state index is 0.0639. The maximum atomic E-state index is 9.42. The topological polar surface area (TPSA) is 43.0 Å². The summed E-state index contributed by atoms with van der Waals surface area (Å²) in [6.07, 6.45) is 5.93. The first-order valence-corrected chi connectivity index (χ1v) is 5.93. The zero-order valence-electron chi connectivity index (χ0n) is 10.2. The first-order chi connectivity index (χ1) is 8.78. The highest BCUT2D eigenvalue weighted by Gasteiger charge is 2.07. The average molecular weight is 241 g/mol. The summed E-state index contributed by atoms with van der Waals surface area (Å²) in [4.78, 5) is 0. The van der Waals surface area contributed by atoms with Gasteiger partial charge in [0, 0.05) is 30.6 Å². The maximum Gasteiger partial charge on any atom is 0.0702 e. The predicted molar refractivity (Wildman–Crippen MR) is 70.2 cm³/mol. The Morgan fingerprint density at radius 1 is 1.28 bits per heavy atom. The second-order valence-corrected chi connectivity index (χ2v) is 4.48. The molecule has 3 rings (SSSR count). The van der Waals surface area contributed by atoms with Gasteiger partial charge in [-0.05, 0) is 11.5 Å². The van der Waals surface area contributed by atoms with E-state index in [1.165, 1.54) is 0 Å². The summed E-state index contributed by atoms with van der Waals surface area (Å²) in [5.41, 5.74) is 3.22. The van der Waals surface area contributed by atoms with Crippen LogP contribution < -0.4 is 0 Å². The number of rotatable bonds is 3. The fourth-order valence-corrected chi connectivity index (χ4v) is 2.35. The van der Waals surface area contributed by atoms with Gasteiger partial charge in [0.05, 0.1) is 24.9 Å². The molecule has 0 radical (unpaired) electrons. The second-order valence-electron chi connectivity index (χ2n) is 4.48. The summed E-state index contributed by atoms with van der Waals surface area (Å²) < 4.78 is 3.95. The van der Waals surface area contributed by atoms with Crippen molar-refractivity contribution in [1.29, 1.82) is 0 Å². The molecule has 1 N–H and O–H groups in total. The number of hydrogen-bond donors (Lipinski definition) is 1. The molecule has 0 amide bonds. The molecule has 0 fully saturated rings. The molecule has 0 unspecified atom stereocenters. The lowest BCUT2D eigenvalue weighted by atomic mass is 10.1. The summed E-state index contributed by atoms with van der Waals surface area (Å²) >= 11 is 0. The Kier molecular flexibility index (Phi) is 2.64. The molecule has 0 aliphatic heterocycles. The molecular weight excluding hydrogens is 226 g/mol. The number of aromatic nitrogens is 3. The van der Waals surface area contributed by atoms with Gasteiger partial charge in [0.25, 0.3) is 0 Å². The monoisotopic (exact) mass is 241 g/mol. The van der Waals surface area contributed by atoms with Gasteiger partial charge < -0.3 is 9.67 Å². The fourth-order valence-electron chi connectivity index (χ4n) is 2.35. The number of aliphatic hydroxyl groups excluding tert-OH is 1. The molecule has 4 heteroatoms. The largest absolute Gasteiger partial charge is 0.392 e. The lowest BCUT2D eigenvalue weighted by Crippen LogP contribution is -1.99. The normalized spacial score (nSPS) is 11.2. The van der Waals surface area contributed by atoms with Crippen molar-refractivity contribution in [2.75, 3.05) is 0 Å². The van der Waals surface area contributed by atoms with Crippen LogP contribution in [0.4, 0.5) is 0 Å². The SMILES string of the molecule is Cn1cc(Cn2ccc3cccc(CO)c32)cn1. The van der Waals surface area contributed by atoms with Gasteiger partial charge in [0.2, 0.25) is 0 Å². The molecule has 0 aliphatic rings. The Bertz CT molecular complexity index is 681. The third kappa shape index (κ3) is 1.80. The van der Waals surface area contributed by atoms with Crippen LogP contribution in [0.5, 0.6) is 0 Å². The van der Waals surface area contributed by atoms with Crippen molar-refractivity contribution in [2.24, 2.45) is 7.05 Å². The average Bonchev–Trinajstić information content (AvgIpc) is 2.97. The van der Waals surface area contributed by atoms with Crippen molar-refractivity contribution >= 4 is 10.9 Å². The molecule has 18 heavy (non-hydrogen) atoms. The predicted octanol–water partition coefficient (Wildman–Crippen LogP) is 1.92. The van der Waals surface area contributed by atoms with E-state index in [9.17, 15) is 5.11 Å². The highest BCUT2D eigenvalue weighted by molar-refractivity contribution is 5.83. The van der Waals surface area contributed by atoms with E-state index in [1.807, 2.05) is 31.6 Å². The van der Waals surface area contributed by atoms with E-state index in [4.69, 9.17) is 0 Å². The Morgan fingerprint density at radius 2 is 2.17 bits per heavy atom. The first-order valence-electron chi connectivity index (χ1n) is 5.93. The molecule has 2 heterocycles. The lowest BCUT2D eigenvalue weighted by molar-refractivity contribution is 0.283. The molecule has 4 nitrogen and oxygen atoms in total. The van der Waals surface area contributed by atoms with Crippen LogP contribution in [0.1, 0.15) is 11.1 Å². The van der Waals surface area contributed by atoms with Crippen LogP contribution in [0, 0.1) is 0 Å². The van der Waals surface area contributed by atoms with Crippen LogP contribution in [-0.2, 0) is 20.2 Å². The van der Waals surface area contributed by atoms with Crippen LogP contribution in [0.3, 0.4) is 0 Å².